The maximum Gasteiger partial charge on any atom is 0.503 e. The Kier molecular flexibility index (Phi) is 9.75. The van der Waals surface area contributed by atoms with Crippen LogP contribution >= 0.6 is 46.4 Å². The average Bonchev–Trinajstić information content (AvgIpc) is 2.87. The monoisotopic (exact) mass is 372 g/mol. The Morgan fingerprint density at radius 3 is 0.850 bits per heavy atom. The van der Waals surface area contributed by atoms with Gasteiger partial charge in [-0.25, -0.2) is 9.59 Å². The fraction of sp³-hybridized carbons (Fsp3) is 0.800. The zero-order valence-corrected chi connectivity index (χ0v) is 13.7. The van der Waals surface area contributed by atoms with Crippen LogP contribution in [0.2, 0.25) is 0 Å². The van der Waals surface area contributed by atoms with Gasteiger partial charge in [0, 0.05) is 0 Å². The van der Waals surface area contributed by atoms with E-state index in [2.05, 4.69) is 0 Å². The molecule has 0 aromatic heterocycles. The number of halogens is 4. The van der Waals surface area contributed by atoms with E-state index in [0.717, 1.165) is 12.8 Å². The van der Waals surface area contributed by atoms with Crippen molar-refractivity contribution < 1.29 is 30.0 Å². The maximum absolute atomic E-state index is 8.56. The second-order valence-corrected chi connectivity index (χ2v) is 7.38. The molecule has 2 unspecified atom stereocenters. The molecule has 0 aromatic rings. The Labute approximate surface area is 136 Å². The zero-order valence-electron chi connectivity index (χ0n) is 10.7. The molecular formula is C10H16Cl4O6. The fourth-order valence-corrected chi connectivity index (χ4v) is 1.62. The lowest BCUT2D eigenvalue weighted by molar-refractivity contribution is 0.135. The van der Waals surface area contributed by atoms with Crippen LogP contribution in [0, 0.1) is 11.8 Å². The number of carbonyl (C=O) groups is 2. The van der Waals surface area contributed by atoms with Crippen molar-refractivity contribution in [2.75, 3.05) is 0 Å². The number of rotatable bonds is 0. The van der Waals surface area contributed by atoms with E-state index in [4.69, 9.17) is 76.4 Å². The third-order valence-corrected chi connectivity index (χ3v) is 4.39. The van der Waals surface area contributed by atoms with Crippen LogP contribution in [0.1, 0.15) is 26.7 Å². The molecule has 4 N–H and O–H groups in total. The highest BCUT2D eigenvalue weighted by Crippen LogP contribution is 2.52. The first-order valence-corrected chi connectivity index (χ1v) is 6.83. The van der Waals surface area contributed by atoms with Crippen molar-refractivity contribution >= 4 is 58.7 Å². The van der Waals surface area contributed by atoms with E-state index in [1.807, 2.05) is 13.8 Å². The first kappa shape index (κ1) is 22.0. The van der Waals surface area contributed by atoms with Gasteiger partial charge in [0.1, 0.15) is 8.67 Å². The molecule has 0 spiro atoms. The Balaban J connectivity index is 0. The summed E-state index contributed by atoms with van der Waals surface area (Å²) in [5.74, 6) is 1.06. The summed E-state index contributed by atoms with van der Waals surface area (Å²) in [7, 11) is 0. The zero-order chi connectivity index (χ0) is 16.7. The second kappa shape index (κ2) is 8.87. The van der Waals surface area contributed by atoms with Gasteiger partial charge < -0.3 is 20.4 Å². The molecule has 2 saturated carbocycles. The third-order valence-electron chi connectivity index (χ3n) is 2.28. The van der Waals surface area contributed by atoms with Crippen molar-refractivity contribution in [3.05, 3.63) is 0 Å². The first-order valence-electron chi connectivity index (χ1n) is 5.31. The highest BCUT2D eigenvalue weighted by atomic mass is 35.5. The molecule has 2 rings (SSSR count). The van der Waals surface area contributed by atoms with E-state index in [9.17, 15) is 0 Å². The molecule has 0 amide bonds. The molecule has 2 atom stereocenters. The van der Waals surface area contributed by atoms with Gasteiger partial charge in [-0.3, -0.25) is 0 Å². The molecule has 0 radical (unpaired) electrons. The molecule has 20 heavy (non-hydrogen) atoms. The van der Waals surface area contributed by atoms with Gasteiger partial charge in [-0.1, -0.05) is 13.8 Å². The predicted molar refractivity (Wildman–Crippen MR) is 77.7 cm³/mol. The topological polar surface area (TPSA) is 115 Å². The molecule has 0 aromatic carbocycles. The van der Waals surface area contributed by atoms with Crippen LogP contribution in [-0.4, -0.2) is 41.4 Å². The summed E-state index contributed by atoms with van der Waals surface area (Å²) in [5.41, 5.74) is 0. The van der Waals surface area contributed by atoms with Gasteiger partial charge in [0.2, 0.25) is 0 Å². The third kappa shape index (κ3) is 15.8. The van der Waals surface area contributed by atoms with E-state index in [0.29, 0.717) is 11.8 Å². The predicted octanol–water partition coefficient (Wildman–Crippen LogP) is 4.85. The molecule has 10 heteroatoms. The maximum atomic E-state index is 8.56. The molecule has 0 saturated heterocycles. The Hall–Kier alpha value is -0.300. The highest BCUT2D eigenvalue weighted by molar-refractivity contribution is 6.51. The van der Waals surface area contributed by atoms with Crippen LogP contribution in [0.15, 0.2) is 0 Å². The second-order valence-electron chi connectivity index (χ2n) is 4.30. The SMILES string of the molecule is CC1CC1(Cl)Cl.CC1CC1(Cl)Cl.O=C(O)O.O=C(O)O. The Bertz CT molecular complexity index is 294. The number of hydrogen-bond donors (Lipinski definition) is 4. The molecule has 2 fully saturated rings. The van der Waals surface area contributed by atoms with Gasteiger partial charge in [0.05, 0.1) is 0 Å². The quantitative estimate of drug-likeness (QED) is 0.451. The van der Waals surface area contributed by atoms with Crippen molar-refractivity contribution in [3.8, 4) is 0 Å². The summed E-state index contributed by atoms with van der Waals surface area (Å²) in [6.07, 6.45) is -1.73. The summed E-state index contributed by atoms with van der Waals surface area (Å²) < 4.78 is -0.694. The van der Waals surface area contributed by atoms with Gasteiger partial charge in [-0.05, 0) is 24.7 Å². The first-order chi connectivity index (χ1) is 8.72. The van der Waals surface area contributed by atoms with Crippen LogP contribution in [0.3, 0.4) is 0 Å². The lowest BCUT2D eigenvalue weighted by Gasteiger charge is -1.85. The van der Waals surface area contributed by atoms with Gasteiger partial charge in [-0.15, -0.1) is 46.4 Å². The molecule has 0 bridgehead atoms. The Morgan fingerprint density at radius 2 is 0.850 bits per heavy atom. The van der Waals surface area contributed by atoms with Crippen LogP contribution in [0.25, 0.3) is 0 Å². The van der Waals surface area contributed by atoms with E-state index < -0.39 is 12.3 Å². The van der Waals surface area contributed by atoms with Crippen LogP contribution in [0.4, 0.5) is 9.59 Å². The van der Waals surface area contributed by atoms with E-state index in [1.165, 1.54) is 0 Å². The van der Waals surface area contributed by atoms with Crippen LogP contribution in [-0.2, 0) is 0 Å². The van der Waals surface area contributed by atoms with Gasteiger partial charge in [-0.2, -0.15) is 0 Å². The van der Waals surface area contributed by atoms with Crippen molar-refractivity contribution in [3.63, 3.8) is 0 Å². The van der Waals surface area contributed by atoms with Crippen LogP contribution in [0.5, 0.6) is 0 Å². The average molecular weight is 374 g/mol. The summed E-state index contributed by atoms with van der Waals surface area (Å²) >= 11 is 22.2. The number of alkyl halides is 4. The minimum atomic E-state index is -1.83. The summed E-state index contributed by atoms with van der Waals surface area (Å²) in [6, 6.07) is 0. The van der Waals surface area contributed by atoms with Gasteiger partial charge in [0.15, 0.2) is 0 Å². The largest absolute Gasteiger partial charge is 0.503 e. The lowest BCUT2D eigenvalue weighted by Crippen LogP contribution is -1.81. The molecule has 0 aliphatic heterocycles. The van der Waals surface area contributed by atoms with Gasteiger partial charge in [0.25, 0.3) is 0 Å². The summed E-state index contributed by atoms with van der Waals surface area (Å²) in [4.78, 5) is 17.1. The molecular weight excluding hydrogens is 358 g/mol. The summed E-state index contributed by atoms with van der Waals surface area (Å²) in [6.45, 7) is 4.08. The van der Waals surface area contributed by atoms with E-state index >= 15 is 0 Å². The lowest BCUT2D eigenvalue weighted by atomic mass is 10.5. The van der Waals surface area contributed by atoms with E-state index in [-0.39, 0.29) is 8.67 Å². The smallest absolute Gasteiger partial charge is 0.450 e. The van der Waals surface area contributed by atoms with E-state index in [1.54, 1.807) is 0 Å². The molecule has 6 nitrogen and oxygen atoms in total. The van der Waals surface area contributed by atoms with Crippen molar-refractivity contribution in [1.82, 2.24) is 0 Å². The number of carboxylic acid groups (broad SMARTS) is 4. The Morgan fingerprint density at radius 1 is 0.800 bits per heavy atom. The molecule has 0 heterocycles. The molecule has 120 valence electrons. The van der Waals surface area contributed by atoms with Gasteiger partial charge >= 0.3 is 12.3 Å². The highest BCUT2D eigenvalue weighted by Gasteiger charge is 2.48. The van der Waals surface area contributed by atoms with Crippen molar-refractivity contribution in [2.45, 2.75) is 35.4 Å². The van der Waals surface area contributed by atoms with Crippen LogP contribution < -0.4 is 0 Å². The minimum Gasteiger partial charge on any atom is -0.450 e. The molecule has 2 aliphatic rings. The number of hydrogen-bond acceptors (Lipinski definition) is 2. The normalized spacial score (nSPS) is 26.1. The molecule has 2 aliphatic carbocycles. The fourth-order valence-electron chi connectivity index (χ4n) is 0.699. The standard InChI is InChI=1S/2C4H6Cl2.2CH2O3/c2*1-3-2-4(3,5)6;2*2-1(3)4/h2*3H,2H2,1H3;2*(H2,2,3,4). The van der Waals surface area contributed by atoms with Crippen molar-refractivity contribution in [2.24, 2.45) is 11.8 Å². The minimum absolute atomic E-state index is 0.347. The summed E-state index contributed by atoms with van der Waals surface area (Å²) in [5, 5.41) is 27.9. The van der Waals surface area contributed by atoms with Crippen molar-refractivity contribution in [1.29, 1.82) is 0 Å².